The van der Waals surface area contributed by atoms with E-state index in [2.05, 4.69) is 43.3 Å². The molecule has 0 aromatic carbocycles. The van der Waals surface area contributed by atoms with Gasteiger partial charge in [-0.25, -0.2) is 0 Å². The molecule has 0 aliphatic rings. The van der Waals surface area contributed by atoms with Crippen molar-refractivity contribution in [1.29, 1.82) is 0 Å². The minimum absolute atomic E-state index is 0.418. The van der Waals surface area contributed by atoms with Gasteiger partial charge in [0.05, 0.1) is 0 Å². The molecular weight excluding hydrogens is 236 g/mol. The topological polar surface area (TPSA) is 62.4 Å². The summed E-state index contributed by atoms with van der Waals surface area (Å²) in [5, 5.41) is 6.71. The fraction of sp³-hybridized carbons (Fsp3) is 0.933. The highest BCUT2D eigenvalue weighted by molar-refractivity contribution is 5.80. The standard InChI is InChI=1S/C15H34N4/c1-13(2)18-15(19-14(3)4)17-12-10-8-6-5-7-9-11-16/h13-14H,5-12,16H2,1-4H3,(H2,17,18,19). The summed E-state index contributed by atoms with van der Waals surface area (Å²) in [5.74, 6) is 0.938. The average Bonchev–Trinajstić information content (AvgIpc) is 2.30. The predicted octanol–water partition coefficient (Wildman–Crippen LogP) is 2.64. The Balaban J connectivity index is 3.72. The molecule has 19 heavy (non-hydrogen) atoms. The van der Waals surface area contributed by atoms with E-state index in [9.17, 15) is 0 Å². The number of hydrogen-bond acceptors (Lipinski definition) is 2. The highest BCUT2D eigenvalue weighted by Gasteiger charge is 2.02. The Bertz CT molecular complexity index is 212. The maximum Gasteiger partial charge on any atom is 0.191 e. The van der Waals surface area contributed by atoms with Crippen molar-refractivity contribution in [2.45, 2.75) is 78.3 Å². The van der Waals surface area contributed by atoms with Gasteiger partial charge in [-0.15, -0.1) is 0 Å². The summed E-state index contributed by atoms with van der Waals surface area (Å²) < 4.78 is 0. The number of nitrogens with one attached hydrogen (secondary N) is 2. The number of nitrogens with two attached hydrogens (primary N) is 1. The van der Waals surface area contributed by atoms with Crippen LogP contribution in [0, 0.1) is 0 Å². The van der Waals surface area contributed by atoms with Crippen LogP contribution >= 0.6 is 0 Å². The second-order valence-electron chi connectivity index (χ2n) is 5.74. The molecule has 0 aromatic heterocycles. The van der Waals surface area contributed by atoms with E-state index in [1.165, 1.54) is 38.5 Å². The highest BCUT2D eigenvalue weighted by Crippen LogP contribution is 2.04. The summed E-state index contributed by atoms with van der Waals surface area (Å²) in [5.41, 5.74) is 5.47. The summed E-state index contributed by atoms with van der Waals surface area (Å²) in [7, 11) is 0. The van der Waals surface area contributed by atoms with Crippen LogP contribution in [0.3, 0.4) is 0 Å². The fourth-order valence-electron chi connectivity index (χ4n) is 1.83. The number of unbranched alkanes of at least 4 members (excludes halogenated alkanes) is 5. The third kappa shape index (κ3) is 13.5. The smallest absolute Gasteiger partial charge is 0.191 e. The zero-order valence-electron chi connectivity index (χ0n) is 13.3. The minimum atomic E-state index is 0.418. The Labute approximate surface area is 119 Å². The van der Waals surface area contributed by atoms with Crippen molar-refractivity contribution in [1.82, 2.24) is 10.6 Å². The van der Waals surface area contributed by atoms with Crippen molar-refractivity contribution in [2.75, 3.05) is 13.1 Å². The van der Waals surface area contributed by atoms with Gasteiger partial charge in [0, 0.05) is 18.6 Å². The summed E-state index contributed by atoms with van der Waals surface area (Å²) in [4.78, 5) is 4.61. The van der Waals surface area contributed by atoms with Gasteiger partial charge in [-0.3, -0.25) is 4.99 Å². The van der Waals surface area contributed by atoms with Crippen molar-refractivity contribution in [3.05, 3.63) is 0 Å². The van der Waals surface area contributed by atoms with Crippen LogP contribution in [0.4, 0.5) is 0 Å². The summed E-state index contributed by atoms with van der Waals surface area (Å²) in [6.45, 7) is 10.3. The molecule has 0 aromatic rings. The number of guanidine groups is 1. The van der Waals surface area contributed by atoms with Crippen LogP contribution in [0.25, 0.3) is 0 Å². The SMILES string of the molecule is CC(C)NC(=NCCCCCCCCN)NC(C)C. The normalized spacial score (nSPS) is 10.9. The van der Waals surface area contributed by atoms with Gasteiger partial charge in [0.15, 0.2) is 5.96 Å². The molecule has 0 spiro atoms. The van der Waals surface area contributed by atoms with Crippen molar-refractivity contribution < 1.29 is 0 Å². The number of hydrogen-bond donors (Lipinski definition) is 3. The molecule has 0 aliphatic heterocycles. The van der Waals surface area contributed by atoms with E-state index in [0.29, 0.717) is 12.1 Å². The van der Waals surface area contributed by atoms with Crippen LogP contribution in [-0.2, 0) is 0 Å². The zero-order valence-corrected chi connectivity index (χ0v) is 13.3. The van der Waals surface area contributed by atoms with Crippen molar-refractivity contribution in [3.8, 4) is 0 Å². The van der Waals surface area contributed by atoms with Crippen LogP contribution in [0.15, 0.2) is 4.99 Å². The molecule has 0 heterocycles. The second-order valence-corrected chi connectivity index (χ2v) is 5.74. The maximum absolute atomic E-state index is 5.47. The van der Waals surface area contributed by atoms with Gasteiger partial charge in [-0.05, 0) is 47.1 Å². The largest absolute Gasteiger partial charge is 0.354 e. The zero-order chi connectivity index (χ0) is 14.5. The Morgan fingerprint density at radius 3 is 1.79 bits per heavy atom. The van der Waals surface area contributed by atoms with Gasteiger partial charge in [-0.1, -0.05) is 25.7 Å². The molecule has 0 bridgehead atoms. The summed E-state index contributed by atoms with van der Waals surface area (Å²) in [6, 6.07) is 0.836. The summed E-state index contributed by atoms with van der Waals surface area (Å²) >= 11 is 0. The van der Waals surface area contributed by atoms with Gasteiger partial charge in [-0.2, -0.15) is 0 Å². The molecule has 0 fully saturated rings. The number of rotatable bonds is 10. The molecule has 0 aliphatic carbocycles. The lowest BCUT2D eigenvalue weighted by Crippen LogP contribution is -2.44. The molecule has 0 rings (SSSR count). The van der Waals surface area contributed by atoms with Crippen LogP contribution in [0.2, 0.25) is 0 Å². The van der Waals surface area contributed by atoms with E-state index in [-0.39, 0.29) is 0 Å². The molecular formula is C15H34N4. The lowest BCUT2D eigenvalue weighted by Gasteiger charge is -2.17. The average molecular weight is 270 g/mol. The molecule has 4 heteroatoms. The van der Waals surface area contributed by atoms with E-state index >= 15 is 0 Å². The molecule has 0 amide bonds. The van der Waals surface area contributed by atoms with E-state index < -0.39 is 0 Å². The van der Waals surface area contributed by atoms with E-state index in [1.54, 1.807) is 0 Å². The molecule has 0 saturated heterocycles. The van der Waals surface area contributed by atoms with E-state index in [4.69, 9.17) is 5.73 Å². The Kier molecular flexibility index (Phi) is 11.8. The van der Waals surface area contributed by atoms with E-state index in [1.807, 2.05) is 0 Å². The molecule has 114 valence electrons. The Hall–Kier alpha value is -0.770. The molecule has 4 N–H and O–H groups in total. The first-order valence-corrected chi connectivity index (χ1v) is 7.83. The van der Waals surface area contributed by atoms with Crippen molar-refractivity contribution in [2.24, 2.45) is 10.7 Å². The molecule has 0 saturated carbocycles. The van der Waals surface area contributed by atoms with Crippen LogP contribution < -0.4 is 16.4 Å². The maximum atomic E-state index is 5.47. The quantitative estimate of drug-likeness (QED) is 0.325. The first-order chi connectivity index (χ1) is 9.06. The van der Waals surface area contributed by atoms with E-state index in [0.717, 1.165) is 19.0 Å². The van der Waals surface area contributed by atoms with Crippen molar-refractivity contribution in [3.63, 3.8) is 0 Å². The number of aliphatic imine (C=N–C) groups is 1. The van der Waals surface area contributed by atoms with Gasteiger partial charge in [0.2, 0.25) is 0 Å². The van der Waals surface area contributed by atoms with Crippen LogP contribution in [0.5, 0.6) is 0 Å². The lowest BCUT2D eigenvalue weighted by molar-refractivity contribution is 0.598. The molecule has 0 unspecified atom stereocenters. The second kappa shape index (κ2) is 12.3. The van der Waals surface area contributed by atoms with Crippen molar-refractivity contribution >= 4 is 5.96 Å². The highest BCUT2D eigenvalue weighted by atomic mass is 15.2. The van der Waals surface area contributed by atoms with Gasteiger partial charge in [0.1, 0.15) is 0 Å². The minimum Gasteiger partial charge on any atom is -0.354 e. The first kappa shape index (κ1) is 18.2. The van der Waals surface area contributed by atoms with Gasteiger partial charge < -0.3 is 16.4 Å². The Morgan fingerprint density at radius 1 is 0.842 bits per heavy atom. The third-order valence-corrected chi connectivity index (χ3v) is 2.73. The molecule has 0 atom stereocenters. The number of nitrogens with zero attached hydrogens (tertiary/aromatic N) is 1. The fourth-order valence-corrected chi connectivity index (χ4v) is 1.83. The molecule has 0 radical (unpaired) electrons. The first-order valence-electron chi connectivity index (χ1n) is 7.83. The molecule has 4 nitrogen and oxygen atoms in total. The summed E-state index contributed by atoms with van der Waals surface area (Å²) in [6.07, 6.45) is 7.49. The Morgan fingerprint density at radius 2 is 1.32 bits per heavy atom. The van der Waals surface area contributed by atoms with Gasteiger partial charge in [0.25, 0.3) is 0 Å². The third-order valence-electron chi connectivity index (χ3n) is 2.73. The lowest BCUT2D eigenvalue weighted by atomic mass is 10.1. The van der Waals surface area contributed by atoms with Gasteiger partial charge >= 0.3 is 0 Å². The van der Waals surface area contributed by atoms with Crippen LogP contribution in [-0.4, -0.2) is 31.1 Å². The predicted molar refractivity (Wildman–Crippen MR) is 85.6 cm³/mol. The van der Waals surface area contributed by atoms with Crippen LogP contribution in [0.1, 0.15) is 66.2 Å². The monoisotopic (exact) mass is 270 g/mol.